The van der Waals surface area contributed by atoms with Gasteiger partial charge in [0, 0.05) is 10.0 Å². The maximum absolute atomic E-state index is 6.27. The van der Waals surface area contributed by atoms with Gasteiger partial charge in [0.2, 0.25) is 11.8 Å². The van der Waals surface area contributed by atoms with Crippen LogP contribution in [0.25, 0.3) is 0 Å². The van der Waals surface area contributed by atoms with E-state index < -0.39 is 0 Å². The number of benzene rings is 1. The Balaban J connectivity index is 2.50. The largest absolute Gasteiger partial charge is 0.480 e. The predicted octanol–water partition coefficient (Wildman–Crippen LogP) is 3.11. The van der Waals surface area contributed by atoms with Crippen LogP contribution >= 0.6 is 23.2 Å². The molecule has 21 heavy (non-hydrogen) atoms. The van der Waals surface area contributed by atoms with Gasteiger partial charge in [-0.1, -0.05) is 29.3 Å². The second-order valence-corrected chi connectivity index (χ2v) is 5.04. The summed E-state index contributed by atoms with van der Waals surface area (Å²) in [5, 5.41) is 4.27. The van der Waals surface area contributed by atoms with Crippen molar-refractivity contribution in [2.45, 2.75) is 6.04 Å². The lowest BCUT2D eigenvalue weighted by molar-refractivity contribution is 0.353. The molecule has 1 atom stereocenters. The summed E-state index contributed by atoms with van der Waals surface area (Å²) >= 11 is 12.2. The van der Waals surface area contributed by atoms with E-state index in [1.165, 1.54) is 20.4 Å². The van der Waals surface area contributed by atoms with Crippen LogP contribution in [0.2, 0.25) is 10.0 Å². The van der Waals surface area contributed by atoms with E-state index in [9.17, 15) is 0 Å². The monoisotopic (exact) mass is 327 g/mol. The van der Waals surface area contributed by atoms with E-state index in [1.807, 2.05) is 6.07 Å². The van der Waals surface area contributed by atoms with Gasteiger partial charge in [0.05, 0.1) is 26.5 Å². The molecule has 0 fully saturated rings. The van der Waals surface area contributed by atoms with Crippen LogP contribution in [0.4, 0.5) is 0 Å². The third-order valence-electron chi connectivity index (χ3n) is 2.98. The molecular weight excluding hydrogens is 313 g/mol. The number of hydrogen-bond acceptors (Lipinski definition) is 5. The van der Waals surface area contributed by atoms with Crippen molar-refractivity contribution in [3.8, 4) is 11.8 Å². The van der Waals surface area contributed by atoms with Crippen LogP contribution in [0, 0.1) is 0 Å². The van der Waals surface area contributed by atoms with E-state index in [4.69, 9.17) is 32.7 Å². The summed E-state index contributed by atoms with van der Waals surface area (Å²) in [7, 11) is 4.86. The summed E-state index contributed by atoms with van der Waals surface area (Å²) < 4.78 is 10.3. The smallest absolute Gasteiger partial charge is 0.240 e. The minimum Gasteiger partial charge on any atom is -0.480 e. The van der Waals surface area contributed by atoms with Gasteiger partial charge >= 0.3 is 0 Å². The summed E-state index contributed by atoms with van der Waals surface area (Å²) in [6.07, 6.45) is 1.53. The molecule has 0 aliphatic rings. The lowest BCUT2D eigenvalue weighted by atomic mass is 10.0. The van der Waals surface area contributed by atoms with Gasteiger partial charge in [0.15, 0.2) is 0 Å². The molecule has 1 aromatic carbocycles. The molecule has 7 heteroatoms. The molecule has 2 aromatic rings. The highest BCUT2D eigenvalue weighted by molar-refractivity contribution is 6.35. The van der Waals surface area contributed by atoms with E-state index in [2.05, 4.69) is 15.3 Å². The summed E-state index contributed by atoms with van der Waals surface area (Å²) in [5.74, 6) is 0.757. The van der Waals surface area contributed by atoms with Gasteiger partial charge in [-0.2, -0.15) is 4.98 Å². The third-order valence-corrected chi connectivity index (χ3v) is 3.55. The summed E-state index contributed by atoms with van der Waals surface area (Å²) in [5.41, 5.74) is 1.45. The van der Waals surface area contributed by atoms with Gasteiger partial charge < -0.3 is 14.8 Å². The molecule has 0 radical (unpaired) electrons. The fraction of sp³-hybridized carbons (Fsp3) is 0.286. The number of hydrogen-bond donors (Lipinski definition) is 1. The van der Waals surface area contributed by atoms with Crippen molar-refractivity contribution in [1.82, 2.24) is 15.3 Å². The fourth-order valence-corrected chi connectivity index (χ4v) is 2.51. The van der Waals surface area contributed by atoms with Crippen molar-refractivity contribution in [3.05, 3.63) is 45.7 Å². The quantitative estimate of drug-likeness (QED) is 0.914. The number of rotatable bonds is 5. The third kappa shape index (κ3) is 3.37. The summed E-state index contributed by atoms with van der Waals surface area (Å²) in [6.45, 7) is 0. The lowest BCUT2D eigenvalue weighted by Crippen LogP contribution is -2.20. The average Bonchev–Trinajstić information content (AvgIpc) is 2.50. The molecule has 1 N–H and O–H groups in total. The first kappa shape index (κ1) is 15.8. The van der Waals surface area contributed by atoms with E-state index in [-0.39, 0.29) is 6.04 Å². The van der Waals surface area contributed by atoms with Crippen LogP contribution in [0.5, 0.6) is 11.8 Å². The maximum Gasteiger partial charge on any atom is 0.240 e. The Morgan fingerprint density at radius 3 is 2.52 bits per heavy atom. The Morgan fingerprint density at radius 2 is 1.95 bits per heavy atom. The van der Waals surface area contributed by atoms with Crippen LogP contribution in [0.3, 0.4) is 0 Å². The number of ether oxygens (including phenoxy) is 2. The molecule has 0 aliphatic heterocycles. The van der Waals surface area contributed by atoms with Gasteiger partial charge in [0.25, 0.3) is 0 Å². The molecule has 0 saturated heterocycles. The number of methoxy groups -OCH3 is 2. The number of aromatic nitrogens is 2. The highest BCUT2D eigenvalue weighted by Gasteiger charge is 2.22. The Bertz CT molecular complexity index is 638. The number of nitrogens with one attached hydrogen (secondary N) is 1. The molecule has 0 saturated carbocycles. The second kappa shape index (κ2) is 6.93. The molecule has 2 rings (SSSR count). The van der Waals surface area contributed by atoms with Gasteiger partial charge in [-0.15, -0.1) is 0 Å². The molecule has 1 heterocycles. The normalized spacial score (nSPS) is 12.0. The molecular formula is C14H15Cl2N3O2. The van der Waals surface area contributed by atoms with Gasteiger partial charge in [0.1, 0.15) is 5.69 Å². The molecule has 0 aliphatic carbocycles. The average molecular weight is 328 g/mol. The second-order valence-electron chi connectivity index (χ2n) is 4.19. The highest BCUT2D eigenvalue weighted by Crippen LogP contribution is 2.33. The van der Waals surface area contributed by atoms with Crippen molar-refractivity contribution in [3.63, 3.8) is 0 Å². The van der Waals surface area contributed by atoms with E-state index in [0.29, 0.717) is 27.5 Å². The summed E-state index contributed by atoms with van der Waals surface area (Å²) in [6, 6.07) is 5.03. The first-order valence-corrected chi connectivity index (χ1v) is 6.93. The van der Waals surface area contributed by atoms with E-state index >= 15 is 0 Å². The Kier molecular flexibility index (Phi) is 5.22. The van der Waals surface area contributed by atoms with Crippen LogP contribution in [0.15, 0.2) is 24.4 Å². The van der Waals surface area contributed by atoms with Crippen molar-refractivity contribution in [1.29, 1.82) is 0 Å². The Hall–Kier alpha value is -1.56. The van der Waals surface area contributed by atoms with E-state index in [0.717, 1.165) is 5.56 Å². The van der Waals surface area contributed by atoms with Crippen LogP contribution in [0.1, 0.15) is 17.3 Å². The van der Waals surface area contributed by atoms with Crippen molar-refractivity contribution < 1.29 is 9.47 Å². The van der Waals surface area contributed by atoms with Crippen LogP contribution < -0.4 is 14.8 Å². The van der Waals surface area contributed by atoms with Crippen molar-refractivity contribution >= 4 is 23.2 Å². The highest BCUT2D eigenvalue weighted by atomic mass is 35.5. The maximum atomic E-state index is 6.27. The van der Waals surface area contributed by atoms with E-state index in [1.54, 1.807) is 19.2 Å². The SMILES string of the molecule is CNC(c1ccc(Cl)cc1Cl)c1ncc(OC)nc1OC. The number of halogens is 2. The topological polar surface area (TPSA) is 56.3 Å². The van der Waals surface area contributed by atoms with Gasteiger partial charge in [-0.25, -0.2) is 4.98 Å². The summed E-state index contributed by atoms with van der Waals surface area (Å²) in [4.78, 5) is 8.60. The van der Waals surface area contributed by atoms with Gasteiger partial charge in [-0.3, -0.25) is 0 Å². The standard InChI is InChI=1S/C14H15Cl2N3O2/c1-17-12(9-5-4-8(15)6-10(9)16)13-14(21-3)19-11(20-2)7-18-13/h4-7,12,17H,1-3H3. The minimum atomic E-state index is -0.275. The zero-order valence-corrected chi connectivity index (χ0v) is 13.4. The molecule has 0 spiro atoms. The first-order valence-electron chi connectivity index (χ1n) is 6.17. The molecule has 0 amide bonds. The number of nitrogens with zero attached hydrogens (tertiary/aromatic N) is 2. The molecule has 5 nitrogen and oxygen atoms in total. The molecule has 112 valence electrons. The molecule has 1 unspecified atom stereocenters. The molecule has 1 aromatic heterocycles. The Labute approximate surface area is 133 Å². The Morgan fingerprint density at radius 1 is 1.19 bits per heavy atom. The zero-order chi connectivity index (χ0) is 15.4. The van der Waals surface area contributed by atoms with Crippen LogP contribution in [-0.2, 0) is 0 Å². The fourth-order valence-electron chi connectivity index (χ4n) is 1.99. The van der Waals surface area contributed by atoms with Crippen molar-refractivity contribution in [2.24, 2.45) is 0 Å². The van der Waals surface area contributed by atoms with Crippen LogP contribution in [-0.4, -0.2) is 31.2 Å². The minimum absolute atomic E-state index is 0.275. The van der Waals surface area contributed by atoms with Crippen molar-refractivity contribution in [2.75, 3.05) is 21.3 Å². The van der Waals surface area contributed by atoms with Gasteiger partial charge in [-0.05, 0) is 24.7 Å². The predicted molar refractivity (Wildman–Crippen MR) is 82.5 cm³/mol. The lowest BCUT2D eigenvalue weighted by Gasteiger charge is -2.19. The zero-order valence-electron chi connectivity index (χ0n) is 11.9. The molecule has 0 bridgehead atoms. The first-order chi connectivity index (χ1) is 10.1.